The molecule has 36 heavy (non-hydrogen) atoms. The van der Waals surface area contributed by atoms with Crippen LogP contribution in [-0.4, -0.2) is 58.1 Å². The molecule has 3 aromatic heterocycles. The number of hydrogen-bond acceptors (Lipinski definition) is 8. The van der Waals surface area contributed by atoms with Crippen LogP contribution >= 0.6 is 0 Å². The van der Waals surface area contributed by atoms with Crippen LogP contribution in [0.2, 0.25) is 0 Å². The van der Waals surface area contributed by atoms with Crippen molar-refractivity contribution in [2.45, 2.75) is 13.0 Å². The van der Waals surface area contributed by atoms with Crippen molar-refractivity contribution in [3.63, 3.8) is 0 Å². The van der Waals surface area contributed by atoms with E-state index in [1.165, 1.54) is 12.4 Å². The molecule has 0 saturated carbocycles. The molecule has 10 heteroatoms. The summed E-state index contributed by atoms with van der Waals surface area (Å²) in [7, 11) is 0. The summed E-state index contributed by atoms with van der Waals surface area (Å²) in [4.78, 5) is 23.6. The maximum atomic E-state index is 12.5. The van der Waals surface area contributed by atoms with Crippen molar-refractivity contribution >= 4 is 35.3 Å². The maximum Gasteiger partial charge on any atom is 0.257 e. The number of anilines is 4. The SMILES string of the molecule is C[C@@H]1COCCN1c1cc(-c2ccc(NC(=O)c3cccnc3)cc2)c(C=N)c(Nc2ccn[nH]2)n1. The molecular formula is C26H26N8O2. The summed E-state index contributed by atoms with van der Waals surface area (Å²) in [6.45, 7) is 4.08. The first-order valence-corrected chi connectivity index (χ1v) is 11.6. The number of morpholine rings is 1. The van der Waals surface area contributed by atoms with Crippen molar-refractivity contribution in [3.05, 3.63) is 78.2 Å². The number of H-pyrrole nitrogens is 1. The summed E-state index contributed by atoms with van der Waals surface area (Å²) in [5.41, 5.74) is 3.53. The number of aromatic nitrogens is 4. The Morgan fingerprint density at radius 3 is 2.78 bits per heavy atom. The van der Waals surface area contributed by atoms with Gasteiger partial charge in [-0.05, 0) is 48.4 Å². The van der Waals surface area contributed by atoms with E-state index in [2.05, 4.69) is 37.6 Å². The van der Waals surface area contributed by atoms with Crippen molar-refractivity contribution < 1.29 is 9.53 Å². The van der Waals surface area contributed by atoms with Crippen molar-refractivity contribution in [1.29, 1.82) is 5.41 Å². The highest BCUT2D eigenvalue weighted by Crippen LogP contribution is 2.34. The van der Waals surface area contributed by atoms with Crippen LogP contribution < -0.4 is 15.5 Å². The lowest BCUT2D eigenvalue weighted by atomic mass is 10.00. The van der Waals surface area contributed by atoms with Gasteiger partial charge in [0.15, 0.2) is 0 Å². The number of aromatic amines is 1. The molecule has 4 heterocycles. The van der Waals surface area contributed by atoms with Crippen LogP contribution in [-0.2, 0) is 4.74 Å². The molecule has 1 aliphatic rings. The topological polar surface area (TPSA) is 132 Å². The van der Waals surface area contributed by atoms with Crippen molar-refractivity contribution in [2.75, 3.05) is 35.3 Å². The van der Waals surface area contributed by atoms with Crippen LogP contribution in [0.3, 0.4) is 0 Å². The number of amides is 1. The molecule has 0 spiro atoms. The summed E-state index contributed by atoms with van der Waals surface area (Å²) >= 11 is 0. The zero-order valence-electron chi connectivity index (χ0n) is 19.7. The molecule has 10 nitrogen and oxygen atoms in total. The lowest BCUT2D eigenvalue weighted by Crippen LogP contribution is -2.44. The molecule has 1 atom stereocenters. The van der Waals surface area contributed by atoms with E-state index in [0.29, 0.717) is 41.7 Å². The summed E-state index contributed by atoms with van der Waals surface area (Å²) in [5, 5.41) is 21.2. The van der Waals surface area contributed by atoms with Gasteiger partial charge in [0.25, 0.3) is 5.91 Å². The number of rotatable bonds is 7. The Morgan fingerprint density at radius 2 is 2.08 bits per heavy atom. The van der Waals surface area contributed by atoms with Gasteiger partial charge in [0.1, 0.15) is 17.5 Å². The lowest BCUT2D eigenvalue weighted by molar-refractivity contribution is 0.0985. The van der Waals surface area contributed by atoms with Crippen LogP contribution in [0.15, 0.2) is 67.1 Å². The largest absolute Gasteiger partial charge is 0.377 e. The van der Waals surface area contributed by atoms with Gasteiger partial charge in [0, 0.05) is 42.5 Å². The maximum absolute atomic E-state index is 12.5. The zero-order valence-corrected chi connectivity index (χ0v) is 19.7. The predicted molar refractivity (Wildman–Crippen MR) is 139 cm³/mol. The number of ether oxygens (including phenoxy) is 1. The average molecular weight is 483 g/mol. The third-order valence-electron chi connectivity index (χ3n) is 5.98. The molecule has 1 aromatic carbocycles. The molecule has 1 fully saturated rings. The van der Waals surface area contributed by atoms with Crippen LogP contribution in [0.4, 0.5) is 23.1 Å². The van der Waals surface area contributed by atoms with Crippen LogP contribution in [0.25, 0.3) is 11.1 Å². The minimum absolute atomic E-state index is 0.162. The van der Waals surface area contributed by atoms with Crippen molar-refractivity contribution in [3.8, 4) is 11.1 Å². The van der Waals surface area contributed by atoms with Crippen LogP contribution in [0, 0.1) is 5.41 Å². The first-order chi connectivity index (χ1) is 17.6. The van der Waals surface area contributed by atoms with Crippen molar-refractivity contribution in [2.24, 2.45) is 0 Å². The average Bonchev–Trinajstić information content (AvgIpc) is 3.42. The molecule has 1 amide bonds. The Balaban J connectivity index is 1.50. The minimum atomic E-state index is -0.227. The summed E-state index contributed by atoms with van der Waals surface area (Å²) in [6.07, 6.45) is 6.10. The molecule has 4 aromatic rings. The fourth-order valence-electron chi connectivity index (χ4n) is 4.12. The van der Waals surface area contributed by atoms with E-state index in [0.717, 1.165) is 23.5 Å². The fraction of sp³-hybridized carbons (Fsp3) is 0.192. The molecule has 5 rings (SSSR count). The van der Waals surface area contributed by atoms with Gasteiger partial charge in [-0.3, -0.25) is 14.9 Å². The summed E-state index contributed by atoms with van der Waals surface area (Å²) in [5.74, 6) is 1.79. The van der Waals surface area contributed by atoms with Crippen molar-refractivity contribution in [1.82, 2.24) is 20.2 Å². The van der Waals surface area contributed by atoms with Crippen LogP contribution in [0.1, 0.15) is 22.8 Å². The number of nitrogens with zero attached hydrogens (tertiary/aromatic N) is 4. The highest BCUT2D eigenvalue weighted by atomic mass is 16.5. The normalized spacial score (nSPS) is 15.4. The van der Waals surface area contributed by atoms with Gasteiger partial charge in [-0.1, -0.05) is 12.1 Å². The number of benzene rings is 1. The van der Waals surface area contributed by atoms with Crippen LogP contribution in [0.5, 0.6) is 0 Å². The van der Waals surface area contributed by atoms with E-state index >= 15 is 0 Å². The van der Waals surface area contributed by atoms with Gasteiger partial charge in [0.2, 0.25) is 0 Å². The lowest BCUT2D eigenvalue weighted by Gasteiger charge is -2.35. The molecule has 4 N–H and O–H groups in total. The summed E-state index contributed by atoms with van der Waals surface area (Å²) in [6, 6.07) is 14.9. The number of hydrogen-bond donors (Lipinski definition) is 4. The second-order valence-electron chi connectivity index (χ2n) is 8.42. The third kappa shape index (κ3) is 4.93. The molecule has 0 radical (unpaired) electrons. The minimum Gasteiger partial charge on any atom is -0.377 e. The molecule has 1 aliphatic heterocycles. The quantitative estimate of drug-likeness (QED) is 0.292. The van der Waals surface area contributed by atoms with Gasteiger partial charge in [0.05, 0.1) is 31.0 Å². The Labute approximate surface area is 208 Å². The van der Waals surface area contributed by atoms with E-state index in [9.17, 15) is 4.79 Å². The Morgan fingerprint density at radius 1 is 1.22 bits per heavy atom. The van der Waals surface area contributed by atoms with Gasteiger partial charge >= 0.3 is 0 Å². The predicted octanol–water partition coefficient (Wildman–Crippen LogP) is 4.09. The monoisotopic (exact) mass is 482 g/mol. The Bertz CT molecular complexity index is 1340. The highest BCUT2D eigenvalue weighted by molar-refractivity contribution is 6.04. The van der Waals surface area contributed by atoms with E-state index < -0.39 is 0 Å². The number of carbonyl (C=O) groups is 1. The van der Waals surface area contributed by atoms with E-state index in [-0.39, 0.29) is 11.9 Å². The smallest absolute Gasteiger partial charge is 0.257 e. The first-order valence-electron chi connectivity index (χ1n) is 11.6. The highest BCUT2D eigenvalue weighted by Gasteiger charge is 2.23. The Hall–Kier alpha value is -4.57. The molecule has 0 aliphatic carbocycles. The Kier molecular flexibility index (Phi) is 6.67. The molecular weight excluding hydrogens is 456 g/mol. The van der Waals surface area contributed by atoms with Gasteiger partial charge < -0.3 is 25.7 Å². The number of pyridine rings is 2. The van der Waals surface area contributed by atoms with E-state index in [1.807, 2.05) is 30.3 Å². The molecule has 1 saturated heterocycles. The summed E-state index contributed by atoms with van der Waals surface area (Å²) < 4.78 is 5.61. The second kappa shape index (κ2) is 10.4. The van der Waals surface area contributed by atoms with E-state index in [4.69, 9.17) is 15.1 Å². The first kappa shape index (κ1) is 23.2. The standard InChI is InChI=1S/C26H26N8O2/c1-17-16-36-12-11-34(17)24-13-21(22(14-27)25(32-24)31-23-8-10-29-33-23)18-4-6-20(7-5-18)30-26(35)19-3-2-9-28-15-19/h2-10,13-15,17,27H,11-12,16H2,1H3,(H,30,35)(H2,29,31,32,33)/t17-/m1/s1. The third-order valence-corrected chi connectivity index (χ3v) is 5.98. The fourth-order valence-corrected chi connectivity index (χ4v) is 4.12. The van der Waals surface area contributed by atoms with E-state index in [1.54, 1.807) is 30.6 Å². The number of carbonyl (C=O) groups excluding carboxylic acids is 1. The second-order valence-corrected chi connectivity index (χ2v) is 8.42. The van der Waals surface area contributed by atoms with Gasteiger partial charge in [-0.2, -0.15) is 5.10 Å². The molecule has 0 unspecified atom stereocenters. The number of nitrogens with one attached hydrogen (secondary N) is 4. The molecule has 0 bridgehead atoms. The van der Waals surface area contributed by atoms with Gasteiger partial charge in [-0.15, -0.1) is 0 Å². The van der Waals surface area contributed by atoms with Gasteiger partial charge in [-0.25, -0.2) is 4.98 Å². The zero-order chi connectivity index (χ0) is 24.9. The molecule has 182 valence electrons.